The molecule has 0 amide bonds. The topological polar surface area (TPSA) is 51.4 Å². The number of hydrogen-bond acceptors (Lipinski definition) is 5. The number of anilines is 2. The standard InChI is InChI=1S/C12H21N3OS/c1-8(2)16-10-11(13)14-17-12(10)15(3)9-6-4-5-7-9/h8-9H,4-7H2,1-3H3,(H2,13,14). The highest BCUT2D eigenvalue weighted by Crippen LogP contribution is 2.41. The van der Waals surface area contributed by atoms with Crippen LogP contribution in [0.15, 0.2) is 0 Å². The first-order chi connectivity index (χ1) is 8.09. The lowest BCUT2D eigenvalue weighted by atomic mass is 10.2. The van der Waals surface area contributed by atoms with E-state index >= 15 is 0 Å². The Bertz CT molecular complexity index is 372. The van der Waals surface area contributed by atoms with Crippen LogP contribution in [0, 0.1) is 0 Å². The maximum absolute atomic E-state index is 5.87. The summed E-state index contributed by atoms with van der Waals surface area (Å²) >= 11 is 1.44. The van der Waals surface area contributed by atoms with Crippen molar-refractivity contribution in [3.63, 3.8) is 0 Å². The van der Waals surface area contributed by atoms with Gasteiger partial charge in [0, 0.05) is 13.1 Å². The summed E-state index contributed by atoms with van der Waals surface area (Å²) in [5.74, 6) is 1.28. The zero-order valence-electron chi connectivity index (χ0n) is 10.8. The van der Waals surface area contributed by atoms with Crippen LogP contribution in [-0.2, 0) is 0 Å². The number of nitrogen functional groups attached to an aromatic ring is 1. The van der Waals surface area contributed by atoms with Gasteiger partial charge in [-0.15, -0.1) is 0 Å². The van der Waals surface area contributed by atoms with Gasteiger partial charge < -0.3 is 15.4 Å². The smallest absolute Gasteiger partial charge is 0.198 e. The fourth-order valence-electron chi connectivity index (χ4n) is 2.31. The van der Waals surface area contributed by atoms with Gasteiger partial charge in [0.15, 0.2) is 16.6 Å². The maximum Gasteiger partial charge on any atom is 0.198 e. The summed E-state index contributed by atoms with van der Waals surface area (Å²) in [6.07, 6.45) is 5.29. The Morgan fingerprint density at radius 2 is 2.06 bits per heavy atom. The van der Waals surface area contributed by atoms with E-state index in [1.165, 1.54) is 37.2 Å². The Morgan fingerprint density at radius 3 is 2.65 bits per heavy atom. The molecular formula is C12H21N3OS. The summed E-state index contributed by atoms with van der Waals surface area (Å²) in [5, 5.41) is 1.07. The minimum Gasteiger partial charge on any atom is -0.484 e. The predicted molar refractivity (Wildman–Crippen MR) is 72.9 cm³/mol. The van der Waals surface area contributed by atoms with Gasteiger partial charge in [-0.3, -0.25) is 0 Å². The average molecular weight is 255 g/mol. The van der Waals surface area contributed by atoms with Crippen LogP contribution in [0.4, 0.5) is 10.8 Å². The number of hydrogen-bond donors (Lipinski definition) is 1. The highest BCUT2D eigenvalue weighted by molar-refractivity contribution is 7.11. The predicted octanol–water partition coefficient (Wildman–Crippen LogP) is 2.89. The lowest BCUT2D eigenvalue weighted by Crippen LogP contribution is -2.28. The molecule has 1 aliphatic carbocycles. The Hall–Kier alpha value is -0.970. The van der Waals surface area contributed by atoms with E-state index in [0.29, 0.717) is 11.9 Å². The second-order valence-electron chi connectivity index (χ2n) is 4.92. The summed E-state index contributed by atoms with van der Waals surface area (Å²) in [5.41, 5.74) is 5.87. The second-order valence-corrected chi connectivity index (χ2v) is 5.67. The summed E-state index contributed by atoms with van der Waals surface area (Å²) < 4.78 is 9.99. The van der Waals surface area contributed by atoms with Gasteiger partial charge in [-0.1, -0.05) is 12.8 Å². The van der Waals surface area contributed by atoms with Gasteiger partial charge in [0.1, 0.15) is 0 Å². The van der Waals surface area contributed by atoms with E-state index in [2.05, 4.69) is 16.3 Å². The molecule has 0 aromatic carbocycles. The van der Waals surface area contributed by atoms with Crippen molar-refractivity contribution in [2.75, 3.05) is 17.7 Å². The highest BCUT2D eigenvalue weighted by Gasteiger charge is 2.25. The SMILES string of the molecule is CC(C)Oc1c(N)nsc1N(C)C1CCCC1. The van der Waals surface area contributed by atoms with Crippen molar-refractivity contribution < 1.29 is 4.74 Å². The van der Waals surface area contributed by atoms with E-state index in [1.807, 2.05) is 13.8 Å². The van der Waals surface area contributed by atoms with Crippen molar-refractivity contribution in [3.05, 3.63) is 0 Å². The van der Waals surface area contributed by atoms with Crippen molar-refractivity contribution in [2.24, 2.45) is 0 Å². The molecule has 17 heavy (non-hydrogen) atoms. The zero-order valence-corrected chi connectivity index (χ0v) is 11.6. The Morgan fingerprint density at radius 1 is 1.41 bits per heavy atom. The lowest BCUT2D eigenvalue weighted by molar-refractivity contribution is 0.244. The molecule has 0 radical (unpaired) electrons. The number of rotatable bonds is 4. The van der Waals surface area contributed by atoms with Crippen molar-refractivity contribution >= 4 is 22.4 Å². The fraction of sp³-hybridized carbons (Fsp3) is 0.750. The molecule has 2 rings (SSSR count). The number of aromatic nitrogens is 1. The van der Waals surface area contributed by atoms with Crippen molar-refractivity contribution in [1.29, 1.82) is 0 Å². The van der Waals surface area contributed by atoms with Crippen LogP contribution < -0.4 is 15.4 Å². The van der Waals surface area contributed by atoms with Crippen LogP contribution in [0.1, 0.15) is 39.5 Å². The van der Waals surface area contributed by atoms with Gasteiger partial charge in [-0.05, 0) is 38.2 Å². The maximum atomic E-state index is 5.87. The molecule has 0 spiro atoms. The second kappa shape index (κ2) is 5.12. The van der Waals surface area contributed by atoms with Gasteiger partial charge in [-0.2, -0.15) is 4.37 Å². The third-order valence-electron chi connectivity index (χ3n) is 3.20. The monoisotopic (exact) mass is 255 g/mol. The largest absolute Gasteiger partial charge is 0.484 e. The van der Waals surface area contributed by atoms with E-state index in [1.54, 1.807) is 0 Å². The Labute approximate surface area is 107 Å². The molecule has 5 heteroatoms. The summed E-state index contributed by atoms with van der Waals surface area (Å²) in [4.78, 5) is 2.29. The molecule has 0 bridgehead atoms. The number of ether oxygens (including phenoxy) is 1. The fourth-order valence-corrected chi connectivity index (χ4v) is 3.09. The average Bonchev–Trinajstić information content (AvgIpc) is 2.88. The summed E-state index contributed by atoms with van der Waals surface area (Å²) in [7, 11) is 2.12. The first-order valence-electron chi connectivity index (χ1n) is 6.24. The molecule has 4 nitrogen and oxygen atoms in total. The molecule has 1 aliphatic rings. The van der Waals surface area contributed by atoms with Crippen molar-refractivity contribution in [2.45, 2.75) is 51.7 Å². The molecule has 96 valence electrons. The number of nitrogens with two attached hydrogens (primary N) is 1. The Balaban J connectivity index is 2.18. The van der Waals surface area contributed by atoms with Crippen LogP contribution in [-0.4, -0.2) is 23.6 Å². The minimum atomic E-state index is 0.129. The van der Waals surface area contributed by atoms with E-state index in [-0.39, 0.29) is 6.10 Å². The van der Waals surface area contributed by atoms with Gasteiger partial charge in [0.2, 0.25) is 0 Å². The van der Waals surface area contributed by atoms with E-state index in [9.17, 15) is 0 Å². The summed E-state index contributed by atoms with van der Waals surface area (Å²) in [6, 6.07) is 0.615. The highest BCUT2D eigenvalue weighted by atomic mass is 32.1. The van der Waals surface area contributed by atoms with Crippen molar-refractivity contribution in [1.82, 2.24) is 4.37 Å². The normalized spacial score (nSPS) is 16.7. The van der Waals surface area contributed by atoms with E-state index in [0.717, 1.165) is 10.8 Å². The molecule has 1 aromatic heterocycles. The molecule has 1 saturated carbocycles. The van der Waals surface area contributed by atoms with Gasteiger partial charge in [-0.25, -0.2) is 0 Å². The van der Waals surface area contributed by atoms with Gasteiger partial charge >= 0.3 is 0 Å². The van der Waals surface area contributed by atoms with E-state index < -0.39 is 0 Å². The molecule has 0 saturated heterocycles. The Kier molecular flexibility index (Phi) is 3.76. The summed E-state index contributed by atoms with van der Waals surface area (Å²) in [6.45, 7) is 4.02. The van der Waals surface area contributed by atoms with Crippen molar-refractivity contribution in [3.8, 4) is 5.75 Å². The zero-order chi connectivity index (χ0) is 12.4. The number of nitrogens with zero attached hydrogens (tertiary/aromatic N) is 2. The van der Waals surface area contributed by atoms with Gasteiger partial charge in [0.05, 0.1) is 6.10 Å². The third kappa shape index (κ3) is 2.65. The molecule has 1 heterocycles. The molecule has 0 atom stereocenters. The lowest BCUT2D eigenvalue weighted by Gasteiger charge is -2.25. The first kappa shape index (κ1) is 12.5. The van der Waals surface area contributed by atoms with Crippen LogP contribution >= 0.6 is 11.5 Å². The van der Waals surface area contributed by atoms with Crippen LogP contribution in [0.25, 0.3) is 0 Å². The third-order valence-corrected chi connectivity index (χ3v) is 4.14. The quantitative estimate of drug-likeness (QED) is 0.898. The molecule has 1 fully saturated rings. The molecule has 1 aromatic rings. The van der Waals surface area contributed by atoms with Gasteiger partial charge in [0.25, 0.3) is 0 Å². The van der Waals surface area contributed by atoms with Crippen LogP contribution in [0.5, 0.6) is 5.75 Å². The minimum absolute atomic E-state index is 0.129. The molecular weight excluding hydrogens is 234 g/mol. The van der Waals surface area contributed by atoms with E-state index in [4.69, 9.17) is 10.5 Å². The van der Waals surface area contributed by atoms with Crippen LogP contribution in [0.2, 0.25) is 0 Å². The van der Waals surface area contributed by atoms with Crippen LogP contribution in [0.3, 0.4) is 0 Å². The molecule has 0 unspecified atom stereocenters. The first-order valence-corrected chi connectivity index (χ1v) is 7.01. The molecule has 0 aliphatic heterocycles. The molecule has 2 N–H and O–H groups in total.